The molecule has 0 saturated heterocycles. The largest absolute Gasteiger partial charge is 0.478 e. The predicted molar refractivity (Wildman–Crippen MR) is 76.6 cm³/mol. The number of carboxylic acid groups (broad SMARTS) is 1. The number of halogens is 1. The molecule has 0 aromatic carbocycles. The van der Waals surface area contributed by atoms with Crippen LogP contribution < -0.4 is 0 Å². The Labute approximate surface area is 125 Å². The highest BCUT2D eigenvalue weighted by molar-refractivity contribution is 7.99. The normalized spacial score (nSPS) is 10.6. The highest BCUT2D eigenvalue weighted by Crippen LogP contribution is 2.27. The van der Waals surface area contributed by atoms with Crippen LogP contribution in [-0.2, 0) is 0 Å². The van der Waals surface area contributed by atoms with Gasteiger partial charge in [0.05, 0.1) is 10.6 Å². The summed E-state index contributed by atoms with van der Waals surface area (Å²) >= 11 is 6.99. The molecule has 0 amide bonds. The second-order valence-corrected chi connectivity index (χ2v) is 5.61. The predicted octanol–water partition coefficient (Wildman–Crippen LogP) is 3.30. The van der Waals surface area contributed by atoms with E-state index >= 15 is 0 Å². The Hall–Kier alpha value is -1.66. The van der Waals surface area contributed by atoms with Crippen LogP contribution in [0.1, 0.15) is 27.3 Å². The lowest BCUT2D eigenvalue weighted by Gasteiger charge is -2.07. The van der Waals surface area contributed by atoms with Gasteiger partial charge in [-0.1, -0.05) is 11.6 Å². The van der Waals surface area contributed by atoms with Crippen molar-refractivity contribution in [1.29, 1.82) is 0 Å². The second-order valence-electron chi connectivity index (χ2n) is 4.21. The zero-order chi connectivity index (χ0) is 14.9. The first-order valence-corrected chi connectivity index (χ1v) is 6.96. The molecule has 7 heteroatoms. The van der Waals surface area contributed by atoms with Crippen molar-refractivity contribution in [3.63, 3.8) is 0 Å². The first-order chi connectivity index (χ1) is 9.38. The van der Waals surface area contributed by atoms with Crippen LogP contribution >= 0.6 is 23.4 Å². The fourth-order valence-electron chi connectivity index (χ4n) is 1.52. The van der Waals surface area contributed by atoms with Crippen LogP contribution in [-0.4, -0.2) is 26.0 Å². The van der Waals surface area contributed by atoms with Crippen LogP contribution in [0.15, 0.2) is 22.4 Å². The van der Waals surface area contributed by atoms with E-state index < -0.39 is 5.97 Å². The van der Waals surface area contributed by atoms with Crippen molar-refractivity contribution >= 4 is 29.3 Å². The third kappa shape index (κ3) is 3.08. The summed E-state index contributed by atoms with van der Waals surface area (Å²) in [5.41, 5.74) is 2.86. The molecule has 0 aliphatic carbocycles. The molecule has 2 aromatic heterocycles. The van der Waals surface area contributed by atoms with Gasteiger partial charge < -0.3 is 5.11 Å². The van der Waals surface area contributed by atoms with E-state index in [0.717, 1.165) is 17.0 Å². The first-order valence-electron chi connectivity index (χ1n) is 5.77. The zero-order valence-corrected chi connectivity index (χ0v) is 12.7. The fourth-order valence-corrected chi connectivity index (χ4v) is 2.54. The summed E-state index contributed by atoms with van der Waals surface area (Å²) in [5.74, 6) is -1.09. The van der Waals surface area contributed by atoms with Gasteiger partial charge in [-0.3, -0.25) is 0 Å². The maximum absolute atomic E-state index is 11.0. The van der Waals surface area contributed by atoms with Crippen molar-refractivity contribution in [3.05, 3.63) is 39.8 Å². The van der Waals surface area contributed by atoms with Crippen LogP contribution in [0, 0.1) is 20.8 Å². The van der Waals surface area contributed by atoms with E-state index in [1.54, 1.807) is 0 Å². The molecule has 20 heavy (non-hydrogen) atoms. The number of aromatic nitrogens is 3. The van der Waals surface area contributed by atoms with Crippen LogP contribution in [0.5, 0.6) is 0 Å². The van der Waals surface area contributed by atoms with Gasteiger partial charge >= 0.3 is 5.97 Å². The van der Waals surface area contributed by atoms with Crippen molar-refractivity contribution < 1.29 is 9.90 Å². The van der Waals surface area contributed by atoms with Gasteiger partial charge in [0.25, 0.3) is 0 Å². The van der Waals surface area contributed by atoms with E-state index in [4.69, 9.17) is 16.7 Å². The Balaban J connectivity index is 2.35. The first kappa shape index (κ1) is 14.7. The van der Waals surface area contributed by atoms with E-state index in [2.05, 4.69) is 15.0 Å². The van der Waals surface area contributed by atoms with Crippen LogP contribution in [0.2, 0.25) is 5.02 Å². The van der Waals surface area contributed by atoms with E-state index in [9.17, 15) is 4.79 Å². The molecule has 2 rings (SSSR count). The molecule has 0 aliphatic rings. The number of rotatable bonds is 3. The van der Waals surface area contributed by atoms with Crippen molar-refractivity contribution in [2.24, 2.45) is 0 Å². The van der Waals surface area contributed by atoms with Gasteiger partial charge in [-0.15, -0.1) is 0 Å². The smallest absolute Gasteiger partial charge is 0.337 e. The summed E-state index contributed by atoms with van der Waals surface area (Å²) in [5, 5.41) is 10.2. The summed E-state index contributed by atoms with van der Waals surface area (Å²) in [6.45, 7) is 5.78. The van der Waals surface area contributed by atoms with Crippen LogP contribution in [0.4, 0.5) is 0 Å². The Morgan fingerprint density at radius 1 is 1.25 bits per heavy atom. The summed E-state index contributed by atoms with van der Waals surface area (Å²) in [7, 11) is 0. The number of aromatic carboxylic acids is 1. The molecule has 2 heterocycles. The number of carboxylic acids is 1. The van der Waals surface area contributed by atoms with Crippen molar-refractivity contribution in [2.45, 2.75) is 31.0 Å². The van der Waals surface area contributed by atoms with Crippen LogP contribution in [0.25, 0.3) is 0 Å². The highest BCUT2D eigenvalue weighted by Gasteiger charge is 2.13. The maximum Gasteiger partial charge on any atom is 0.337 e. The minimum absolute atomic E-state index is 0.0183. The SMILES string of the molecule is Cc1nc(Sc2cc(C(=O)O)c(Cl)cn2)nc(C)c1C. The van der Waals surface area contributed by atoms with Crippen molar-refractivity contribution in [2.75, 3.05) is 0 Å². The van der Waals surface area contributed by atoms with E-state index in [0.29, 0.717) is 10.2 Å². The number of nitrogens with zero attached hydrogens (tertiary/aromatic N) is 3. The van der Waals surface area contributed by atoms with Gasteiger partial charge in [0.15, 0.2) is 5.16 Å². The van der Waals surface area contributed by atoms with Gasteiger partial charge in [0.2, 0.25) is 0 Å². The monoisotopic (exact) mass is 309 g/mol. The fraction of sp³-hybridized carbons (Fsp3) is 0.231. The number of hydrogen-bond donors (Lipinski definition) is 1. The van der Waals surface area contributed by atoms with Gasteiger partial charge in [-0.25, -0.2) is 19.7 Å². The standard InChI is InChI=1S/C13H12ClN3O2S/c1-6-7(2)16-13(17-8(6)3)20-11-4-9(12(18)19)10(14)5-15-11/h4-5H,1-3H3,(H,18,19). The van der Waals surface area contributed by atoms with Gasteiger partial charge in [-0.2, -0.15) is 0 Å². The molecular weight excluding hydrogens is 298 g/mol. The van der Waals surface area contributed by atoms with E-state index in [-0.39, 0.29) is 10.6 Å². The topological polar surface area (TPSA) is 76.0 Å². The molecule has 0 fully saturated rings. The molecule has 0 unspecified atom stereocenters. The Morgan fingerprint density at radius 2 is 1.85 bits per heavy atom. The molecule has 5 nitrogen and oxygen atoms in total. The molecule has 2 aromatic rings. The maximum atomic E-state index is 11.0. The molecule has 0 radical (unpaired) electrons. The number of hydrogen-bond acceptors (Lipinski definition) is 5. The Morgan fingerprint density at radius 3 is 2.40 bits per heavy atom. The average molecular weight is 310 g/mol. The lowest BCUT2D eigenvalue weighted by molar-refractivity contribution is 0.0696. The van der Waals surface area contributed by atoms with Crippen molar-refractivity contribution in [3.8, 4) is 0 Å². The van der Waals surface area contributed by atoms with E-state index in [1.807, 2.05) is 20.8 Å². The quantitative estimate of drug-likeness (QED) is 0.877. The third-order valence-corrected chi connectivity index (χ3v) is 3.97. The minimum Gasteiger partial charge on any atom is -0.478 e. The number of aryl methyl sites for hydroxylation is 2. The number of pyridine rings is 1. The number of carbonyl (C=O) groups is 1. The lowest BCUT2D eigenvalue weighted by Crippen LogP contribution is -2.00. The van der Waals surface area contributed by atoms with E-state index in [1.165, 1.54) is 24.0 Å². The lowest BCUT2D eigenvalue weighted by atomic mass is 10.2. The molecule has 0 atom stereocenters. The summed E-state index contributed by atoms with van der Waals surface area (Å²) in [4.78, 5) is 23.8. The zero-order valence-electron chi connectivity index (χ0n) is 11.1. The third-order valence-electron chi connectivity index (χ3n) is 2.87. The molecule has 0 aliphatic heterocycles. The molecule has 0 bridgehead atoms. The Kier molecular flexibility index (Phi) is 4.25. The van der Waals surface area contributed by atoms with Crippen LogP contribution in [0.3, 0.4) is 0 Å². The molecular formula is C13H12ClN3O2S. The second kappa shape index (κ2) is 5.76. The van der Waals surface area contributed by atoms with Gasteiger partial charge in [0, 0.05) is 17.6 Å². The van der Waals surface area contributed by atoms with Gasteiger partial charge in [-0.05, 0) is 44.2 Å². The molecule has 0 saturated carbocycles. The summed E-state index contributed by atoms with van der Waals surface area (Å²) < 4.78 is 0. The minimum atomic E-state index is -1.09. The molecule has 0 spiro atoms. The molecule has 104 valence electrons. The molecule has 1 N–H and O–H groups in total. The average Bonchev–Trinajstić information content (AvgIpc) is 2.38. The summed E-state index contributed by atoms with van der Waals surface area (Å²) in [6, 6.07) is 1.42. The van der Waals surface area contributed by atoms with Gasteiger partial charge in [0.1, 0.15) is 5.03 Å². The summed E-state index contributed by atoms with van der Waals surface area (Å²) in [6.07, 6.45) is 1.32. The highest BCUT2D eigenvalue weighted by atomic mass is 35.5. The Bertz CT molecular complexity index is 668. The van der Waals surface area contributed by atoms with Crippen molar-refractivity contribution in [1.82, 2.24) is 15.0 Å².